The van der Waals surface area contributed by atoms with Gasteiger partial charge in [-0.1, -0.05) is 11.6 Å². The monoisotopic (exact) mass is 338 g/mol. The van der Waals surface area contributed by atoms with Crippen molar-refractivity contribution in [1.82, 2.24) is 9.97 Å². The average molecular weight is 340 g/mol. The van der Waals surface area contributed by atoms with Gasteiger partial charge in [0, 0.05) is 20.6 Å². The predicted molar refractivity (Wildman–Crippen MR) is 71.9 cm³/mol. The maximum Gasteiger partial charge on any atom is 0.147 e. The molecular weight excluding hydrogens is 323 g/mol. The summed E-state index contributed by atoms with van der Waals surface area (Å²) < 4.78 is 16.0. The second kappa shape index (κ2) is 8.77. The van der Waals surface area contributed by atoms with Crippen LogP contribution in [0.5, 0.6) is 0 Å². The molecule has 0 amide bonds. The summed E-state index contributed by atoms with van der Waals surface area (Å²) in [6, 6.07) is 0. The number of rotatable bonds is 8. The summed E-state index contributed by atoms with van der Waals surface area (Å²) in [7, 11) is 3.24. The minimum atomic E-state index is 0.389. The van der Waals surface area contributed by atoms with Crippen molar-refractivity contribution in [2.45, 2.75) is 13.0 Å². The zero-order valence-corrected chi connectivity index (χ0v) is 12.8. The molecule has 0 saturated heterocycles. The summed E-state index contributed by atoms with van der Waals surface area (Å²) in [6.07, 6.45) is 0.605. The molecule has 1 aromatic heterocycles. The lowest BCUT2D eigenvalue weighted by molar-refractivity contribution is 0.0716. The van der Waals surface area contributed by atoms with Crippen LogP contribution >= 0.6 is 27.5 Å². The van der Waals surface area contributed by atoms with Gasteiger partial charge >= 0.3 is 0 Å². The van der Waals surface area contributed by atoms with Gasteiger partial charge < -0.3 is 14.2 Å². The summed E-state index contributed by atoms with van der Waals surface area (Å²) >= 11 is 9.34. The highest BCUT2D eigenvalue weighted by molar-refractivity contribution is 9.10. The van der Waals surface area contributed by atoms with E-state index in [0.29, 0.717) is 48.3 Å². The van der Waals surface area contributed by atoms with Crippen LogP contribution in [-0.4, -0.2) is 44.0 Å². The average Bonchev–Trinajstić information content (AvgIpc) is 2.35. The van der Waals surface area contributed by atoms with E-state index in [1.165, 1.54) is 0 Å². The zero-order valence-electron chi connectivity index (χ0n) is 10.4. The fourth-order valence-electron chi connectivity index (χ4n) is 1.26. The quantitative estimate of drug-likeness (QED) is 0.537. The highest BCUT2D eigenvalue weighted by Gasteiger charge is 2.10. The van der Waals surface area contributed by atoms with Gasteiger partial charge in [-0.25, -0.2) is 9.97 Å². The molecule has 0 bridgehead atoms. The molecule has 0 saturated carbocycles. The summed E-state index contributed by atoms with van der Waals surface area (Å²) in [6.45, 7) is 2.07. The van der Waals surface area contributed by atoms with E-state index >= 15 is 0 Å². The van der Waals surface area contributed by atoms with Crippen LogP contribution in [0.2, 0.25) is 5.15 Å². The molecule has 0 aromatic carbocycles. The summed E-state index contributed by atoms with van der Waals surface area (Å²) in [5.74, 6) is 0.646. The van der Waals surface area contributed by atoms with Crippen LogP contribution in [0.15, 0.2) is 4.47 Å². The highest BCUT2D eigenvalue weighted by atomic mass is 79.9. The second-order valence-corrected chi connectivity index (χ2v) is 4.63. The van der Waals surface area contributed by atoms with Crippen molar-refractivity contribution in [3.05, 3.63) is 21.1 Å². The SMILES string of the molecule is COCCOCCc1nc(Cl)c(Br)c(COC)n1. The number of halogens is 2. The summed E-state index contributed by atoms with van der Waals surface area (Å²) in [5, 5.41) is 0.393. The number of aromatic nitrogens is 2. The lowest BCUT2D eigenvalue weighted by Crippen LogP contribution is -2.09. The van der Waals surface area contributed by atoms with Crippen molar-refractivity contribution >= 4 is 27.5 Å². The molecule has 102 valence electrons. The standard InChI is InChI=1S/C11H16BrClN2O3/c1-16-5-6-18-4-3-9-14-8(7-17-2)10(12)11(13)15-9/h3-7H2,1-2H3. The van der Waals surface area contributed by atoms with Crippen LogP contribution < -0.4 is 0 Å². The fourth-order valence-corrected chi connectivity index (χ4v) is 1.76. The van der Waals surface area contributed by atoms with Gasteiger partial charge in [-0.05, 0) is 15.9 Å². The summed E-state index contributed by atoms with van der Waals surface area (Å²) in [5.41, 5.74) is 0.740. The van der Waals surface area contributed by atoms with Gasteiger partial charge in [-0.15, -0.1) is 0 Å². The topological polar surface area (TPSA) is 53.5 Å². The Bertz CT molecular complexity index is 380. The number of hydrogen-bond acceptors (Lipinski definition) is 5. The molecule has 7 heteroatoms. The number of ether oxygens (including phenoxy) is 3. The first-order chi connectivity index (χ1) is 8.69. The maximum atomic E-state index is 6.00. The Morgan fingerprint density at radius 2 is 1.89 bits per heavy atom. The van der Waals surface area contributed by atoms with Crippen LogP contribution in [0.4, 0.5) is 0 Å². The molecule has 0 N–H and O–H groups in total. The third-order valence-electron chi connectivity index (χ3n) is 2.11. The smallest absolute Gasteiger partial charge is 0.147 e. The molecule has 0 aliphatic rings. The Labute approximate surface area is 120 Å². The van der Waals surface area contributed by atoms with E-state index < -0.39 is 0 Å². The van der Waals surface area contributed by atoms with Crippen LogP contribution in [0.25, 0.3) is 0 Å². The molecule has 0 unspecified atom stereocenters. The maximum absolute atomic E-state index is 6.00. The Morgan fingerprint density at radius 3 is 2.56 bits per heavy atom. The van der Waals surface area contributed by atoms with Crippen molar-refractivity contribution in [3.8, 4) is 0 Å². The molecule has 1 rings (SSSR count). The molecule has 5 nitrogen and oxygen atoms in total. The highest BCUT2D eigenvalue weighted by Crippen LogP contribution is 2.24. The van der Waals surface area contributed by atoms with E-state index in [2.05, 4.69) is 25.9 Å². The van der Waals surface area contributed by atoms with Gasteiger partial charge in [0.15, 0.2) is 0 Å². The Balaban J connectivity index is 2.55. The molecule has 0 radical (unpaired) electrons. The lowest BCUT2D eigenvalue weighted by atomic mass is 10.3. The Hall–Kier alpha value is -0.270. The molecule has 1 aromatic rings. The zero-order chi connectivity index (χ0) is 13.4. The van der Waals surface area contributed by atoms with E-state index in [-0.39, 0.29) is 0 Å². The minimum Gasteiger partial charge on any atom is -0.382 e. The summed E-state index contributed by atoms with van der Waals surface area (Å²) in [4.78, 5) is 8.54. The lowest BCUT2D eigenvalue weighted by Gasteiger charge is -2.08. The van der Waals surface area contributed by atoms with E-state index in [0.717, 1.165) is 5.69 Å². The Morgan fingerprint density at radius 1 is 1.11 bits per heavy atom. The molecule has 0 fully saturated rings. The van der Waals surface area contributed by atoms with Crippen molar-refractivity contribution < 1.29 is 14.2 Å². The number of methoxy groups -OCH3 is 2. The van der Waals surface area contributed by atoms with Gasteiger partial charge in [-0.2, -0.15) is 0 Å². The van der Waals surface area contributed by atoms with Gasteiger partial charge in [0.05, 0.1) is 36.6 Å². The predicted octanol–water partition coefficient (Wildman–Crippen LogP) is 2.24. The molecule has 18 heavy (non-hydrogen) atoms. The molecule has 1 heterocycles. The molecular formula is C11H16BrClN2O3. The molecule has 0 aliphatic carbocycles. The van der Waals surface area contributed by atoms with Crippen molar-refractivity contribution in [3.63, 3.8) is 0 Å². The van der Waals surface area contributed by atoms with Gasteiger partial charge in [0.1, 0.15) is 11.0 Å². The number of nitrogens with zero attached hydrogens (tertiary/aromatic N) is 2. The van der Waals surface area contributed by atoms with E-state index in [1.54, 1.807) is 14.2 Å². The molecule has 0 spiro atoms. The van der Waals surface area contributed by atoms with Crippen LogP contribution in [0.3, 0.4) is 0 Å². The van der Waals surface area contributed by atoms with Crippen molar-refractivity contribution in [2.24, 2.45) is 0 Å². The van der Waals surface area contributed by atoms with Crippen LogP contribution in [0.1, 0.15) is 11.5 Å². The van der Waals surface area contributed by atoms with Gasteiger partial charge in [-0.3, -0.25) is 0 Å². The fraction of sp³-hybridized carbons (Fsp3) is 0.636. The minimum absolute atomic E-state index is 0.389. The van der Waals surface area contributed by atoms with Crippen molar-refractivity contribution in [1.29, 1.82) is 0 Å². The van der Waals surface area contributed by atoms with Crippen LogP contribution in [0, 0.1) is 0 Å². The molecule has 0 aliphatic heterocycles. The first kappa shape index (κ1) is 15.8. The van der Waals surface area contributed by atoms with Gasteiger partial charge in [0.25, 0.3) is 0 Å². The number of hydrogen-bond donors (Lipinski definition) is 0. The largest absolute Gasteiger partial charge is 0.382 e. The second-order valence-electron chi connectivity index (χ2n) is 3.48. The molecule has 0 atom stereocenters. The van der Waals surface area contributed by atoms with Crippen LogP contribution in [-0.2, 0) is 27.2 Å². The van der Waals surface area contributed by atoms with E-state index in [9.17, 15) is 0 Å². The van der Waals surface area contributed by atoms with Gasteiger partial charge in [0.2, 0.25) is 0 Å². The van der Waals surface area contributed by atoms with E-state index in [4.69, 9.17) is 25.8 Å². The first-order valence-electron chi connectivity index (χ1n) is 5.45. The van der Waals surface area contributed by atoms with E-state index in [1.807, 2.05) is 0 Å². The third kappa shape index (κ3) is 5.16. The Kier molecular flexibility index (Phi) is 7.69. The normalized spacial score (nSPS) is 10.9. The third-order valence-corrected chi connectivity index (χ3v) is 3.44. The van der Waals surface area contributed by atoms with Crippen molar-refractivity contribution in [2.75, 3.05) is 34.0 Å². The first-order valence-corrected chi connectivity index (χ1v) is 6.62.